The SMILES string of the molecule is Cc1ccc(-c2nc(C)c(C(=O)N3CCN(C(=O)C(=O)N4CCCC4)CC3)s2)o1. The third-order valence-electron chi connectivity index (χ3n) is 5.37. The van der Waals surface area contributed by atoms with Gasteiger partial charge in [-0.3, -0.25) is 14.4 Å². The minimum absolute atomic E-state index is 0.0903. The molecular weight excluding hydrogens is 392 g/mol. The van der Waals surface area contributed by atoms with E-state index in [0.29, 0.717) is 60.6 Å². The number of carbonyl (C=O) groups is 3. The lowest BCUT2D eigenvalue weighted by Gasteiger charge is -2.34. The second kappa shape index (κ2) is 7.98. The number of furan rings is 1. The molecule has 0 bridgehead atoms. The first kappa shape index (κ1) is 19.6. The van der Waals surface area contributed by atoms with E-state index in [2.05, 4.69) is 4.98 Å². The number of aryl methyl sites for hydroxylation is 2. The van der Waals surface area contributed by atoms with E-state index < -0.39 is 11.8 Å². The number of thiazole rings is 1. The minimum atomic E-state index is -0.455. The highest BCUT2D eigenvalue weighted by Crippen LogP contribution is 2.30. The molecule has 0 N–H and O–H groups in total. The number of nitrogens with zero attached hydrogens (tertiary/aromatic N) is 4. The second-order valence-corrected chi connectivity index (χ2v) is 8.43. The Bertz CT molecular complexity index is 936. The molecule has 2 aromatic rings. The molecule has 29 heavy (non-hydrogen) atoms. The fourth-order valence-corrected chi connectivity index (χ4v) is 4.69. The Balaban J connectivity index is 1.38. The molecule has 3 amide bonds. The monoisotopic (exact) mass is 416 g/mol. The van der Waals surface area contributed by atoms with E-state index in [9.17, 15) is 14.4 Å². The van der Waals surface area contributed by atoms with Gasteiger partial charge in [0, 0.05) is 39.3 Å². The third kappa shape index (κ3) is 3.91. The van der Waals surface area contributed by atoms with Crippen LogP contribution in [0, 0.1) is 13.8 Å². The third-order valence-corrected chi connectivity index (χ3v) is 6.53. The molecule has 0 atom stereocenters. The zero-order valence-corrected chi connectivity index (χ0v) is 17.5. The topological polar surface area (TPSA) is 87.0 Å². The van der Waals surface area contributed by atoms with Gasteiger partial charge in [-0.15, -0.1) is 11.3 Å². The van der Waals surface area contributed by atoms with E-state index in [1.54, 1.807) is 14.7 Å². The fourth-order valence-electron chi connectivity index (χ4n) is 3.70. The maximum Gasteiger partial charge on any atom is 0.312 e. The van der Waals surface area contributed by atoms with E-state index in [-0.39, 0.29) is 5.91 Å². The van der Waals surface area contributed by atoms with Crippen molar-refractivity contribution in [1.29, 1.82) is 0 Å². The van der Waals surface area contributed by atoms with Crippen LogP contribution in [0.4, 0.5) is 0 Å². The number of rotatable bonds is 2. The van der Waals surface area contributed by atoms with Crippen molar-refractivity contribution >= 4 is 29.1 Å². The number of carbonyl (C=O) groups excluding carboxylic acids is 3. The predicted octanol–water partition coefficient (Wildman–Crippen LogP) is 1.93. The van der Waals surface area contributed by atoms with Gasteiger partial charge in [0.05, 0.1) is 5.69 Å². The molecule has 2 aromatic heterocycles. The van der Waals surface area contributed by atoms with Crippen LogP contribution in [-0.2, 0) is 9.59 Å². The van der Waals surface area contributed by atoms with E-state index in [0.717, 1.165) is 18.6 Å². The van der Waals surface area contributed by atoms with Gasteiger partial charge in [0.25, 0.3) is 5.91 Å². The first-order valence-corrected chi connectivity index (χ1v) is 10.7. The Hall–Kier alpha value is -2.68. The molecule has 154 valence electrons. The first-order chi connectivity index (χ1) is 13.9. The molecule has 2 saturated heterocycles. The van der Waals surface area contributed by atoms with E-state index in [1.807, 2.05) is 26.0 Å². The van der Waals surface area contributed by atoms with Gasteiger partial charge < -0.3 is 19.1 Å². The minimum Gasteiger partial charge on any atom is -0.459 e. The Kier molecular flexibility index (Phi) is 5.40. The average molecular weight is 417 g/mol. The zero-order chi connectivity index (χ0) is 20.5. The molecular formula is C20H24N4O4S. The molecule has 4 heterocycles. The van der Waals surface area contributed by atoms with Gasteiger partial charge in [0.2, 0.25) is 0 Å². The first-order valence-electron chi connectivity index (χ1n) is 9.85. The largest absolute Gasteiger partial charge is 0.459 e. The number of likely N-dealkylation sites (tertiary alicyclic amines) is 1. The van der Waals surface area contributed by atoms with Crippen molar-refractivity contribution in [3.63, 3.8) is 0 Å². The molecule has 2 aliphatic rings. The predicted molar refractivity (Wildman–Crippen MR) is 108 cm³/mol. The summed E-state index contributed by atoms with van der Waals surface area (Å²) >= 11 is 1.32. The molecule has 4 rings (SSSR count). The van der Waals surface area contributed by atoms with Gasteiger partial charge in [0.1, 0.15) is 10.6 Å². The van der Waals surface area contributed by atoms with Crippen LogP contribution in [-0.4, -0.2) is 76.7 Å². The number of hydrogen-bond acceptors (Lipinski definition) is 6. The fraction of sp³-hybridized carbons (Fsp3) is 0.500. The van der Waals surface area contributed by atoms with Crippen LogP contribution in [0.5, 0.6) is 0 Å². The maximum atomic E-state index is 13.0. The summed E-state index contributed by atoms with van der Waals surface area (Å²) < 4.78 is 5.61. The van der Waals surface area contributed by atoms with Crippen LogP contribution in [0.3, 0.4) is 0 Å². The van der Waals surface area contributed by atoms with Crippen LogP contribution in [0.25, 0.3) is 10.8 Å². The number of amides is 3. The normalized spacial score (nSPS) is 17.1. The van der Waals surface area contributed by atoms with Crippen LogP contribution < -0.4 is 0 Å². The maximum absolute atomic E-state index is 13.0. The van der Waals surface area contributed by atoms with Crippen molar-refractivity contribution in [2.75, 3.05) is 39.3 Å². The summed E-state index contributed by atoms with van der Waals surface area (Å²) in [6.07, 6.45) is 1.91. The Morgan fingerprint density at radius 1 is 0.897 bits per heavy atom. The van der Waals surface area contributed by atoms with Crippen molar-refractivity contribution in [3.05, 3.63) is 28.5 Å². The summed E-state index contributed by atoms with van der Waals surface area (Å²) in [6, 6.07) is 3.72. The highest BCUT2D eigenvalue weighted by Gasteiger charge is 2.32. The van der Waals surface area contributed by atoms with Gasteiger partial charge >= 0.3 is 11.8 Å². The summed E-state index contributed by atoms with van der Waals surface area (Å²) in [5.41, 5.74) is 0.673. The van der Waals surface area contributed by atoms with Crippen LogP contribution >= 0.6 is 11.3 Å². The molecule has 0 aromatic carbocycles. The molecule has 0 spiro atoms. The molecule has 2 aliphatic heterocycles. The summed E-state index contributed by atoms with van der Waals surface area (Å²) in [7, 11) is 0. The zero-order valence-electron chi connectivity index (χ0n) is 16.6. The summed E-state index contributed by atoms with van der Waals surface area (Å²) in [4.78, 5) is 47.7. The van der Waals surface area contributed by atoms with Crippen LogP contribution in [0.2, 0.25) is 0 Å². The summed E-state index contributed by atoms with van der Waals surface area (Å²) in [6.45, 7) is 6.55. The van der Waals surface area contributed by atoms with Gasteiger partial charge in [-0.25, -0.2) is 4.98 Å². The van der Waals surface area contributed by atoms with Gasteiger partial charge in [0.15, 0.2) is 10.8 Å². The van der Waals surface area contributed by atoms with Crippen molar-refractivity contribution in [3.8, 4) is 10.8 Å². The van der Waals surface area contributed by atoms with Gasteiger partial charge in [-0.2, -0.15) is 0 Å². The van der Waals surface area contributed by atoms with E-state index in [4.69, 9.17) is 4.42 Å². The lowest BCUT2D eigenvalue weighted by atomic mass is 10.2. The van der Waals surface area contributed by atoms with Crippen molar-refractivity contribution < 1.29 is 18.8 Å². The lowest BCUT2D eigenvalue weighted by Crippen LogP contribution is -2.54. The van der Waals surface area contributed by atoms with Crippen LogP contribution in [0.1, 0.15) is 34.0 Å². The van der Waals surface area contributed by atoms with Crippen molar-refractivity contribution in [2.24, 2.45) is 0 Å². The number of aromatic nitrogens is 1. The molecule has 0 unspecified atom stereocenters. The Labute approximate surface area is 173 Å². The smallest absolute Gasteiger partial charge is 0.312 e. The molecule has 0 aliphatic carbocycles. The second-order valence-electron chi connectivity index (χ2n) is 7.43. The van der Waals surface area contributed by atoms with Crippen molar-refractivity contribution in [1.82, 2.24) is 19.7 Å². The standard InChI is InChI=1S/C20H24N4O4S/c1-13-5-6-15(28-13)17-21-14(2)16(29-17)18(25)23-9-11-24(12-10-23)20(27)19(26)22-7-3-4-8-22/h5-6H,3-4,7-12H2,1-2H3. The highest BCUT2D eigenvalue weighted by atomic mass is 32.1. The summed E-state index contributed by atoms with van der Waals surface area (Å²) in [5.74, 6) is 0.491. The van der Waals surface area contributed by atoms with E-state index in [1.165, 1.54) is 11.3 Å². The number of hydrogen-bond donors (Lipinski definition) is 0. The van der Waals surface area contributed by atoms with Crippen LogP contribution in [0.15, 0.2) is 16.5 Å². The van der Waals surface area contributed by atoms with Crippen molar-refractivity contribution in [2.45, 2.75) is 26.7 Å². The van der Waals surface area contributed by atoms with Gasteiger partial charge in [-0.1, -0.05) is 0 Å². The average Bonchev–Trinajstić information content (AvgIpc) is 3.47. The summed E-state index contributed by atoms with van der Waals surface area (Å²) in [5, 5.41) is 0.684. The molecule has 0 saturated carbocycles. The van der Waals surface area contributed by atoms with E-state index >= 15 is 0 Å². The van der Waals surface area contributed by atoms with Gasteiger partial charge in [-0.05, 0) is 38.8 Å². The highest BCUT2D eigenvalue weighted by molar-refractivity contribution is 7.17. The molecule has 0 radical (unpaired) electrons. The lowest BCUT2D eigenvalue weighted by molar-refractivity contribution is -0.152. The quantitative estimate of drug-likeness (QED) is 0.698. The number of piperazine rings is 1. The Morgan fingerprint density at radius 3 is 2.07 bits per heavy atom. The molecule has 2 fully saturated rings. The molecule has 8 nitrogen and oxygen atoms in total. The Morgan fingerprint density at radius 2 is 1.48 bits per heavy atom. The molecule has 9 heteroatoms.